The fourth-order valence-corrected chi connectivity index (χ4v) is 1.93. The first-order chi connectivity index (χ1) is 8.60. The Bertz CT molecular complexity index is 675. The molecule has 1 aromatic heterocycles. The topological polar surface area (TPSA) is 66.0 Å². The summed E-state index contributed by atoms with van der Waals surface area (Å²) in [7, 11) is 0. The van der Waals surface area contributed by atoms with Crippen LogP contribution in [0.25, 0.3) is 10.9 Å². The highest BCUT2D eigenvalue weighted by atomic mass is 16.4. The number of fused-ring (bicyclic) bond motifs is 1. The molecule has 0 bridgehead atoms. The van der Waals surface area contributed by atoms with E-state index in [1.54, 1.807) is 13.0 Å². The maximum Gasteiger partial charge on any atom is 0.328 e. The predicted octanol–water partition coefficient (Wildman–Crippen LogP) is 2.54. The largest absolute Gasteiger partial charge is 0.478 e. The smallest absolute Gasteiger partial charge is 0.328 e. The predicted molar refractivity (Wildman–Crippen MR) is 68.0 cm³/mol. The molecule has 1 heterocycles. The lowest BCUT2D eigenvalue weighted by Gasteiger charge is -2.05. The third kappa shape index (κ3) is 2.41. The second kappa shape index (κ2) is 4.76. The summed E-state index contributed by atoms with van der Waals surface area (Å²) < 4.78 is 1.96. The number of hydrogen-bond donors (Lipinski definition) is 1. The third-order valence-electron chi connectivity index (χ3n) is 2.69. The number of nitrogens with zero attached hydrogens (tertiary/aromatic N) is 2. The highest BCUT2D eigenvalue weighted by Gasteiger charge is 2.03. The lowest BCUT2D eigenvalue weighted by Crippen LogP contribution is -1.99. The van der Waals surface area contributed by atoms with E-state index < -0.39 is 5.97 Å². The molecule has 2 aromatic rings. The zero-order valence-electron chi connectivity index (χ0n) is 9.92. The van der Waals surface area contributed by atoms with E-state index in [1.807, 2.05) is 29.0 Å². The highest BCUT2D eigenvalue weighted by Crippen LogP contribution is 2.18. The van der Waals surface area contributed by atoms with Gasteiger partial charge in [-0.15, -0.1) is 0 Å². The molecule has 0 spiro atoms. The number of carboxylic acid groups (broad SMARTS) is 1. The van der Waals surface area contributed by atoms with Crippen LogP contribution in [0.4, 0.5) is 0 Å². The first-order valence-electron chi connectivity index (χ1n) is 5.49. The van der Waals surface area contributed by atoms with Crippen molar-refractivity contribution in [2.75, 3.05) is 0 Å². The summed E-state index contributed by atoms with van der Waals surface area (Å²) in [5.41, 5.74) is 2.38. The van der Waals surface area contributed by atoms with E-state index in [9.17, 15) is 4.79 Å². The summed E-state index contributed by atoms with van der Waals surface area (Å²) in [6, 6.07) is 9.48. The van der Waals surface area contributed by atoms with Gasteiger partial charge >= 0.3 is 5.97 Å². The van der Waals surface area contributed by atoms with E-state index in [2.05, 4.69) is 6.07 Å². The molecule has 0 amide bonds. The number of carboxylic acids is 1. The molecule has 4 nitrogen and oxygen atoms in total. The molecular formula is C14H12N2O2. The molecule has 18 heavy (non-hydrogen) atoms. The molecule has 1 aromatic carbocycles. The number of rotatable bonds is 3. The number of hydrogen-bond acceptors (Lipinski definition) is 2. The molecular weight excluding hydrogens is 228 g/mol. The molecule has 0 saturated heterocycles. The van der Waals surface area contributed by atoms with E-state index >= 15 is 0 Å². The van der Waals surface area contributed by atoms with Crippen LogP contribution >= 0.6 is 0 Å². The van der Waals surface area contributed by atoms with Crippen LogP contribution in [-0.2, 0) is 11.3 Å². The molecule has 1 N–H and O–H groups in total. The van der Waals surface area contributed by atoms with Crippen LogP contribution in [0.3, 0.4) is 0 Å². The second-order valence-corrected chi connectivity index (χ2v) is 4.16. The van der Waals surface area contributed by atoms with Gasteiger partial charge in [-0.25, -0.2) is 4.79 Å². The van der Waals surface area contributed by atoms with Crippen LogP contribution in [0.1, 0.15) is 12.5 Å². The SMILES string of the molecule is C/C(=C/C(=O)O)Cn1ccc2cc(C#N)ccc21. The first-order valence-corrected chi connectivity index (χ1v) is 5.49. The summed E-state index contributed by atoms with van der Waals surface area (Å²) in [5.74, 6) is -0.935. The minimum Gasteiger partial charge on any atom is -0.478 e. The maximum atomic E-state index is 10.6. The lowest BCUT2D eigenvalue weighted by molar-refractivity contribution is -0.131. The monoisotopic (exact) mass is 240 g/mol. The molecule has 0 radical (unpaired) electrons. The van der Waals surface area contributed by atoms with Gasteiger partial charge in [-0.3, -0.25) is 0 Å². The summed E-state index contributed by atoms with van der Waals surface area (Å²) >= 11 is 0. The van der Waals surface area contributed by atoms with Crippen molar-refractivity contribution in [3.8, 4) is 6.07 Å². The van der Waals surface area contributed by atoms with Gasteiger partial charge in [0, 0.05) is 29.7 Å². The van der Waals surface area contributed by atoms with Gasteiger partial charge in [-0.2, -0.15) is 5.26 Å². The van der Waals surface area contributed by atoms with E-state index in [-0.39, 0.29) is 0 Å². The molecule has 0 atom stereocenters. The van der Waals surface area contributed by atoms with E-state index in [4.69, 9.17) is 10.4 Å². The lowest BCUT2D eigenvalue weighted by atomic mass is 10.2. The Morgan fingerprint density at radius 3 is 2.94 bits per heavy atom. The number of nitriles is 1. The Kier molecular flexibility index (Phi) is 3.16. The molecule has 0 aliphatic heterocycles. The van der Waals surface area contributed by atoms with Crippen molar-refractivity contribution in [3.63, 3.8) is 0 Å². The molecule has 0 saturated carbocycles. The van der Waals surface area contributed by atoms with Crippen LogP contribution in [0.2, 0.25) is 0 Å². The van der Waals surface area contributed by atoms with Gasteiger partial charge in [0.1, 0.15) is 0 Å². The van der Waals surface area contributed by atoms with E-state index in [1.165, 1.54) is 6.08 Å². The van der Waals surface area contributed by atoms with Crippen molar-refractivity contribution in [3.05, 3.63) is 47.7 Å². The van der Waals surface area contributed by atoms with Gasteiger partial charge < -0.3 is 9.67 Å². The average molecular weight is 240 g/mol. The molecule has 0 aliphatic rings. The minimum atomic E-state index is -0.935. The van der Waals surface area contributed by atoms with Crippen LogP contribution in [-0.4, -0.2) is 15.6 Å². The number of aliphatic carboxylic acids is 1. The normalized spacial score (nSPS) is 11.4. The van der Waals surface area contributed by atoms with Crippen molar-refractivity contribution >= 4 is 16.9 Å². The van der Waals surface area contributed by atoms with E-state index in [0.717, 1.165) is 16.5 Å². The van der Waals surface area contributed by atoms with Gasteiger partial charge in [0.25, 0.3) is 0 Å². The van der Waals surface area contributed by atoms with Crippen molar-refractivity contribution in [1.82, 2.24) is 4.57 Å². The second-order valence-electron chi connectivity index (χ2n) is 4.16. The van der Waals surface area contributed by atoms with Crippen LogP contribution in [0.15, 0.2) is 42.1 Å². The zero-order chi connectivity index (χ0) is 13.1. The van der Waals surface area contributed by atoms with Crippen molar-refractivity contribution in [2.45, 2.75) is 13.5 Å². The third-order valence-corrected chi connectivity index (χ3v) is 2.69. The molecule has 4 heteroatoms. The van der Waals surface area contributed by atoms with Crippen LogP contribution in [0, 0.1) is 11.3 Å². The van der Waals surface area contributed by atoms with Gasteiger partial charge in [0.05, 0.1) is 11.6 Å². The van der Waals surface area contributed by atoms with Gasteiger partial charge in [-0.05, 0) is 36.8 Å². The number of benzene rings is 1. The maximum absolute atomic E-state index is 10.6. The summed E-state index contributed by atoms with van der Waals surface area (Å²) in [4.78, 5) is 10.6. The Morgan fingerprint density at radius 1 is 1.50 bits per heavy atom. The van der Waals surface area contributed by atoms with E-state index in [0.29, 0.717) is 12.1 Å². The van der Waals surface area contributed by atoms with Crippen LogP contribution in [0.5, 0.6) is 0 Å². The highest BCUT2D eigenvalue weighted by molar-refractivity contribution is 5.82. The summed E-state index contributed by atoms with van der Waals surface area (Å²) in [6.07, 6.45) is 3.10. The standard InChI is InChI=1S/C14H12N2O2/c1-10(6-14(17)18)9-16-5-4-12-7-11(8-15)2-3-13(12)16/h2-7H,9H2,1H3,(H,17,18)/b10-6-. The van der Waals surface area contributed by atoms with Gasteiger partial charge in [-0.1, -0.05) is 0 Å². The zero-order valence-corrected chi connectivity index (χ0v) is 9.92. The van der Waals surface area contributed by atoms with Crippen molar-refractivity contribution < 1.29 is 9.90 Å². The number of allylic oxidation sites excluding steroid dienone is 1. The first kappa shape index (κ1) is 11.9. The Hall–Kier alpha value is -2.54. The number of carbonyl (C=O) groups is 1. The Labute approximate surface area is 104 Å². The van der Waals surface area contributed by atoms with Crippen LogP contribution < -0.4 is 0 Å². The van der Waals surface area contributed by atoms with Crippen molar-refractivity contribution in [1.29, 1.82) is 5.26 Å². The quantitative estimate of drug-likeness (QED) is 0.838. The molecule has 0 fully saturated rings. The molecule has 2 rings (SSSR count). The summed E-state index contributed by atoms with van der Waals surface area (Å²) in [5, 5.41) is 18.5. The Morgan fingerprint density at radius 2 is 2.28 bits per heavy atom. The average Bonchev–Trinajstić information content (AvgIpc) is 2.70. The fraction of sp³-hybridized carbons (Fsp3) is 0.143. The molecule has 0 unspecified atom stereocenters. The van der Waals surface area contributed by atoms with Gasteiger partial charge in [0.2, 0.25) is 0 Å². The molecule has 90 valence electrons. The fourth-order valence-electron chi connectivity index (χ4n) is 1.93. The van der Waals surface area contributed by atoms with Crippen molar-refractivity contribution in [2.24, 2.45) is 0 Å². The summed E-state index contributed by atoms with van der Waals surface area (Å²) in [6.45, 7) is 2.31. The number of aromatic nitrogens is 1. The minimum absolute atomic E-state index is 0.529. The Balaban J connectivity index is 2.36. The van der Waals surface area contributed by atoms with Gasteiger partial charge in [0.15, 0.2) is 0 Å². The molecule has 0 aliphatic carbocycles.